The van der Waals surface area contributed by atoms with Crippen molar-refractivity contribution in [3.63, 3.8) is 0 Å². The lowest BCUT2D eigenvalue weighted by Crippen LogP contribution is -2.13. The van der Waals surface area contributed by atoms with Gasteiger partial charge in [0.15, 0.2) is 4.77 Å². The molecule has 0 fully saturated rings. The molecule has 0 aliphatic heterocycles. The Morgan fingerprint density at radius 1 is 1.38 bits per heavy atom. The number of carbonyl (C=O) groups excluding carboxylic acids is 1. The molecule has 2 rings (SSSR count). The standard InChI is InChI=1S/C16H19N3O4S/c1-4-23-14(20)9-13-15(10(2)3)17-16(24)18(13)11-5-7-12(8-6-11)19(21)22/h5-8,10H,4,9H2,1-3H3,(H,17,24). The van der Waals surface area contributed by atoms with Gasteiger partial charge in [-0.3, -0.25) is 19.5 Å². The summed E-state index contributed by atoms with van der Waals surface area (Å²) in [6.07, 6.45) is 0.0749. The lowest BCUT2D eigenvalue weighted by atomic mass is 10.1. The van der Waals surface area contributed by atoms with Gasteiger partial charge in [-0.05, 0) is 37.2 Å². The van der Waals surface area contributed by atoms with Crippen molar-refractivity contribution in [1.29, 1.82) is 0 Å². The minimum Gasteiger partial charge on any atom is -0.466 e. The molecule has 0 atom stereocenters. The van der Waals surface area contributed by atoms with Crippen molar-refractivity contribution < 1.29 is 14.5 Å². The number of rotatable bonds is 6. The number of non-ortho nitro benzene ring substituents is 1. The SMILES string of the molecule is CCOC(=O)Cc1c(C(C)C)[nH]c(=S)n1-c1ccc([N+](=O)[O-])cc1. The highest BCUT2D eigenvalue weighted by Gasteiger charge is 2.20. The number of ether oxygens (including phenoxy) is 1. The maximum atomic E-state index is 12.0. The molecular weight excluding hydrogens is 330 g/mol. The van der Waals surface area contributed by atoms with Gasteiger partial charge in [0.2, 0.25) is 0 Å². The summed E-state index contributed by atoms with van der Waals surface area (Å²) in [5.41, 5.74) is 2.22. The second-order valence-electron chi connectivity index (χ2n) is 5.54. The average molecular weight is 349 g/mol. The fourth-order valence-corrected chi connectivity index (χ4v) is 2.81. The highest BCUT2D eigenvalue weighted by molar-refractivity contribution is 7.71. The Kier molecular flexibility index (Phi) is 5.50. The molecule has 1 N–H and O–H groups in total. The minimum absolute atomic E-state index is 0.00294. The number of nitro benzene ring substituents is 1. The van der Waals surface area contributed by atoms with E-state index in [1.165, 1.54) is 12.1 Å². The molecule has 0 amide bonds. The van der Waals surface area contributed by atoms with E-state index in [4.69, 9.17) is 17.0 Å². The molecule has 2 aromatic rings. The van der Waals surface area contributed by atoms with Crippen LogP contribution in [0, 0.1) is 14.9 Å². The van der Waals surface area contributed by atoms with Crippen molar-refractivity contribution in [1.82, 2.24) is 9.55 Å². The number of aromatic nitrogens is 2. The molecule has 1 heterocycles. The fraction of sp³-hybridized carbons (Fsp3) is 0.375. The predicted octanol–water partition coefficient (Wildman–Crippen LogP) is 3.67. The Labute approximate surface area is 144 Å². The molecule has 1 aromatic carbocycles. The number of carbonyl (C=O) groups is 1. The summed E-state index contributed by atoms with van der Waals surface area (Å²) < 4.78 is 7.21. The van der Waals surface area contributed by atoms with Gasteiger partial charge < -0.3 is 9.72 Å². The van der Waals surface area contributed by atoms with Gasteiger partial charge in [-0.25, -0.2) is 0 Å². The minimum atomic E-state index is -0.459. The predicted molar refractivity (Wildman–Crippen MR) is 92.0 cm³/mol. The lowest BCUT2D eigenvalue weighted by molar-refractivity contribution is -0.384. The topological polar surface area (TPSA) is 90.2 Å². The molecule has 1 aromatic heterocycles. The number of esters is 1. The summed E-state index contributed by atoms with van der Waals surface area (Å²) in [5.74, 6) is -0.209. The van der Waals surface area contributed by atoms with Gasteiger partial charge in [0, 0.05) is 23.5 Å². The van der Waals surface area contributed by atoms with Crippen LogP contribution in [0.25, 0.3) is 5.69 Å². The van der Waals surface area contributed by atoms with Gasteiger partial charge in [-0.1, -0.05) is 13.8 Å². The van der Waals surface area contributed by atoms with Crippen LogP contribution in [0.2, 0.25) is 0 Å². The Morgan fingerprint density at radius 2 is 2.00 bits per heavy atom. The Balaban J connectivity index is 2.53. The zero-order valence-electron chi connectivity index (χ0n) is 13.7. The first kappa shape index (κ1) is 17.9. The third-order valence-corrected chi connectivity index (χ3v) is 3.82. The fourth-order valence-electron chi connectivity index (χ4n) is 2.48. The van der Waals surface area contributed by atoms with E-state index >= 15 is 0 Å². The van der Waals surface area contributed by atoms with Crippen LogP contribution in [0.15, 0.2) is 24.3 Å². The highest BCUT2D eigenvalue weighted by atomic mass is 32.1. The van der Waals surface area contributed by atoms with E-state index in [-0.39, 0.29) is 24.0 Å². The quantitative estimate of drug-likeness (QED) is 0.372. The van der Waals surface area contributed by atoms with Crippen molar-refractivity contribution in [3.8, 4) is 5.69 Å². The lowest BCUT2D eigenvalue weighted by Gasteiger charge is -2.11. The van der Waals surface area contributed by atoms with Crippen molar-refractivity contribution in [2.45, 2.75) is 33.1 Å². The van der Waals surface area contributed by atoms with E-state index in [9.17, 15) is 14.9 Å². The van der Waals surface area contributed by atoms with Crippen LogP contribution in [-0.2, 0) is 16.0 Å². The highest BCUT2D eigenvalue weighted by Crippen LogP contribution is 2.24. The van der Waals surface area contributed by atoms with Crippen molar-refractivity contribution in [2.24, 2.45) is 0 Å². The second kappa shape index (κ2) is 7.39. The monoisotopic (exact) mass is 349 g/mol. The molecule has 0 aliphatic rings. The largest absolute Gasteiger partial charge is 0.466 e. The van der Waals surface area contributed by atoms with Gasteiger partial charge in [0.05, 0.1) is 23.6 Å². The third kappa shape index (κ3) is 3.70. The summed E-state index contributed by atoms with van der Waals surface area (Å²) in [5, 5.41) is 10.8. The maximum absolute atomic E-state index is 12.0. The average Bonchev–Trinajstić information content (AvgIpc) is 2.84. The van der Waals surface area contributed by atoms with Crippen LogP contribution >= 0.6 is 12.2 Å². The second-order valence-corrected chi connectivity index (χ2v) is 5.92. The van der Waals surface area contributed by atoms with Crippen LogP contribution in [0.5, 0.6) is 0 Å². The van der Waals surface area contributed by atoms with Gasteiger partial charge in [0.25, 0.3) is 5.69 Å². The van der Waals surface area contributed by atoms with E-state index in [2.05, 4.69) is 4.98 Å². The first-order chi connectivity index (χ1) is 11.3. The molecule has 128 valence electrons. The van der Waals surface area contributed by atoms with Crippen LogP contribution in [-0.4, -0.2) is 27.1 Å². The zero-order valence-corrected chi connectivity index (χ0v) is 14.6. The number of H-pyrrole nitrogens is 1. The number of benzene rings is 1. The number of nitrogens with zero attached hydrogens (tertiary/aromatic N) is 2. The number of hydrogen-bond donors (Lipinski definition) is 1. The van der Waals surface area contributed by atoms with E-state index in [0.29, 0.717) is 22.8 Å². The van der Waals surface area contributed by atoms with Gasteiger partial charge >= 0.3 is 5.97 Å². The third-order valence-electron chi connectivity index (χ3n) is 3.54. The molecule has 0 radical (unpaired) electrons. The Hall–Kier alpha value is -2.48. The molecule has 0 bridgehead atoms. The van der Waals surface area contributed by atoms with Gasteiger partial charge in [0.1, 0.15) is 0 Å². The summed E-state index contributed by atoms with van der Waals surface area (Å²) in [7, 11) is 0. The van der Waals surface area contributed by atoms with Crippen LogP contribution in [0.4, 0.5) is 5.69 Å². The molecule has 7 nitrogen and oxygen atoms in total. The smallest absolute Gasteiger partial charge is 0.311 e. The number of imidazole rings is 1. The molecule has 8 heteroatoms. The van der Waals surface area contributed by atoms with E-state index < -0.39 is 4.92 Å². The molecular formula is C16H19N3O4S. The number of nitro groups is 1. The molecule has 0 saturated heterocycles. The first-order valence-electron chi connectivity index (χ1n) is 7.59. The van der Waals surface area contributed by atoms with Crippen LogP contribution in [0.1, 0.15) is 38.1 Å². The van der Waals surface area contributed by atoms with Gasteiger partial charge in [-0.2, -0.15) is 0 Å². The maximum Gasteiger partial charge on any atom is 0.311 e. The molecule has 0 aliphatic carbocycles. The zero-order chi connectivity index (χ0) is 17.9. The number of hydrogen-bond acceptors (Lipinski definition) is 5. The van der Waals surface area contributed by atoms with E-state index in [1.807, 2.05) is 13.8 Å². The Bertz CT molecular complexity index is 806. The molecule has 24 heavy (non-hydrogen) atoms. The summed E-state index contributed by atoms with van der Waals surface area (Å²) in [4.78, 5) is 25.4. The molecule has 0 saturated carbocycles. The van der Waals surface area contributed by atoms with E-state index in [0.717, 1.165) is 5.69 Å². The summed E-state index contributed by atoms with van der Waals surface area (Å²) in [6.45, 7) is 6.05. The summed E-state index contributed by atoms with van der Waals surface area (Å²) >= 11 is 5.38. The van der Waals surface area contributed by atoms with Crippen molar-refractivity contribution >= 4 is 23.9 Å². The molecule has 0 spiro atoms. The van der Waals surface area contributed by atoms with Crippen molar-refractivity contribution in [2.75, 3.05) is 6.61 Å². The summed E-state index contributed by atoms with van der Waals surface area (Å²) in [6, 6.07) is 6.04. The van der Waals surface area contributed by atoms with E-state index in [1.54, 1.807) is 23.6 Å². The Morgan fingerprint density at radius 3 is 2.50 bits per heavy atom. The molecule has 0 unspecified atom stereocenters. The number of aromatic amines is 1. The normalized spacial score (nSPS) is 10.8. The van der Waals surface area contributed by atoms with Crippen LogP contribution < -0.4 is 0 Å². The van der Waals surface area contributed by atoms with Crippen LogP contribution in [0.3, 0.4) is 0 Å². The van der Waals surface area contributed by atoms with Gasteiger partial charge in [-0.15, -0.1) is 0 Å². The van der Waals surface area contributed by atoms with Crippen molar-refractivity contribution in [3.05, 3.63) is 50.5 Å². The number of nitrogens with one attached hydrogen (secondary N) is 1. The first-order valence-corrected chi connectivity index (χ1v) is 8.00.